The zero-order chi connectivity index (χ0) is 27.7. The molecule has 1 aliphatic rings. The van der Waals surface area contributed by atoms with E-state index in [4.69, 9.17) is 18.9 Å². The summed E-state index contributed by atoms with van der Waals surface area (Å²) in [6, 6.07) is 9.15. The maximum absolute atomic E-state index is 15.3. The van der Waals surface area contributed by atoms with Crippen molar-refractivity contribution < 1.29 is 32.9 Å². The molecule has 1 atom stereocenters. The van der Waals surface area contributed by atoms with Crippen LogP contribution in [-0.2, 0) is 9.47 Å². The standard InChI is InChI=1S/C29H39FN2O6/c1-19(2)36-15-13-29(3,4)38-17-16-37-23-10-11-24(35-5)26(30)25(23)27(33)20-6-8-21(9-7-20)28(34)32-22-12-14-31-18-22/h6-11,19,22,31H,12-18H2,1-5H3,(H,32,34)/t22-/m0/s1. The number of ether oxygens (including phenoxy) is 4. The highest BCUT2D eigenvalue weighted by atomic mass is 19.1. The zero-order valence-electron chi connectivity index (χ0n) is 22.9. The van der Waals surface area contributed by atoms with Crippen LogP contribution in [0, 0.1) is 5.82 Å². The third-order valence-corrected chi connectivity index (χ3v) is 6.31. The topological polar surface area (TPSA) is 95.1 Å². The lowest BCUT2D eigenvalue weighted by molar-refractivity contribution is -0.0552. The van der Waals surface area contributed by atoms with Gasteiger partial charge < -0.3 is 29.6 Å². The largest absolute Gasteiger partial charge is 0.494 e. The molecule has 8 nitrogen and oxygen atoms in total. The van der Waals surface area contributed by atoms with Crippen LogP contribution in [0.1, 0.15) is 66.8 Å². The van der Waals surface area contributed by atoms with Crippen LogP contribution in [0.2, 0.25) is 0 Å². The highest BCUT2D eigenvalue weighted by Gasteiger charge is 2.25. The van der Waals surface area contributed by atoms with Gasteiger partial charge in [0.15, 0.2) is 17.3 Å². The molecule has 208 valence electrons. The Hall–Kier alpha value is -3.01. The first-order valence-corrected chi connectivity index (χ1v) is 13.0. The van der Waals surface area contributed by atoms with Gasteiger partial charge in [0.1, 0.15) is 17.9 Å². The van der Waals surface area contributed by atoms with Gasteiger partial charge in [0.2, 0.25) is 0 Å². The van der Waals surface area contributed by atoms with Crippen molar-refractivity contribution in [3.8, 4) is 11.5 Å². The maximum atomic E-state index is 15.3. The molecule has 1 aliphatic heterocycles. The molecule has 1 heterocycles. The molecule has 38 heavy (non-hydrogen) atoms. The number of benzene rings is 2. The number of amides is 1. The number of hydrogen-bond donors (Lipinski definition) is 2. The van der Waals surface area contributed by atoms with Crippen LogP contribution in [0.4, 0.5) is 4.39 Å². The van der Waals surface area contributed by atoms with Gasteiger partial charge in [0, 0.05) is 30.3 Å². The fourth-order valence-corrected chi connectivity index (χ4v) is 4.07. The highest BCUT2D eigenvalue weighted by molar-refractivity contribution is 6.11. The Morgan fingerprint density at radius 1 is 1.05 bits per heavy atom. The van der Waals surface area contributed by atoms with E-state index in [9.17, 15) is 9.59 Å². The molecular formula is C29H39FN2O6. The van der Waals surface area contributed by atoms with Gasteiger partial charge in [0.05, 0.1) is 25.4 Å². The van der Waals surface area contributed by atoms with Crippen LogP contribution < -0.4 is 20.1 Å². The van der Waals surface area contributed by atoms with E-state index in [0.717, 1.165) is 19.5 Å². The molecule has 1 amide bonds. The van der Waals surface area contributed by atoms with Gasteiger partial charge in [-0.05, 0) is 71.3 Å². The van der Waals surface area contributed by atoms with Crippen LogP contribution in [-0.4, -0.2) is 69.5 Å². The van der Waals surface area contributed by atoms with Gasteiger partial charge in [-0.3, -0.25) is 9.59 Å². The summed E-state index contributed by atoms with van der Waals surface area (Å²) in [7, 11) is 1.33. The van der Waals surface area contributed by atoms with Crippen molar-refractivity contribution in [3.05, 3.63) is 58.9 Å². The van der Waals surface area contributed by atoms with E-state index >= 15 is 4.39 Å². The molecule has 0 spiro atoms. The molecule has 2 aromatic rings. The van der Waals surface area contributed by atoms with Crippen LogP contribution in [0.25, 0.3) is 0 Å². The molecule has 1 saturated heterocycles. The number of ketones is 1. The Labute approximate surface area is 224 Å². The Balaban J connectivity index is 1.67. The lowest BCUT2D eigenvalue weighted by Crippen LogP contribution is -2.36. The van der Waals surface area contributed by atoms with Crippen molar-refractivity contribution in [2.75, 3.05) is 40.0 Å². The van der Waals surface area contributed by atoms with Crippen LogP contribution >= 0.6 is 0 Å². The summed E-state index contributed by atoms with van der Waals surface area (Å²) in [6.07, 6.45) is 1.73. The van der Waals surface area contributed by atoms with E-state index in [1.165, 1.54) is 31.4 Å². The van der Waals surface area contributed by atoms with Crippen molar-refractivity contribution in [3.63, 3.8) is 0 Å². The SMILES string of the molecule is COc1ccc(OCCOC(C)(C)CCOC(C)C)c(C(=O)c2ccc(C(=O)N[C@H]3CCNC3)cc2)c1F. The third kappa shape index (κ3) is 8.24. The Kier molecular flexibility index (Phi) is 10.6. The molecule has 0 aliphatic carbocycles. The summed E-state index contributed by atoms with van der Waals surface area (Å²) < 4.78 is 37.7. The van der Waals surface area contributed by atoms with E-state index in [0.29, 0.717) is 18.6 Å². The Morgan fingerprint density at radius 3 is 2.37 bits per heavy atom. The zero-order valence-corrected chi connectivity index (χ0v) is 22.9. The molecule has 9 heteroatoms. The average Bonchev–Trinajstić information content (AvgIpc) is 3.39. The molecule has 0 aromatic heterocycles. The minimum atomic E-state index is -0.808. The van der Waals surface area contributed by atoms with Crippen LogP contribution in [0.3, 0.4) is 0 Å². The highest BCUT2D eigenvalue weighted by Crippen LogP contribution is 2.31. The van der Waals surface area contributed by atoms with Gasteiger partial charge in [0.25, 0.3) is 5.91 Å². The quantitative estimate of drug-likeness (QED) is 0.280. The minimum Gasteiger partial charge on any atom is -0.494 e. The molecule has 0 unspecified atom stereocenters. The van der Waals surface area contributed by atoms with E-state index in [-0.39, 0.29) is 53.9 Å². The van der Waals surface area contributed by atoms with Crippen molar-refractivity contribution in [2.24, 2.45) is 0 Å². The molecule has 3 rings (SSSR count). The number of methoxy groups -OCH3 is 1. The number of carbonyl (C=O) groups excluding carboxylic acids is 2. The number of carbonyl (C=O) groups is 2. The number of nitrogens with one attached hydrogen (secondary N) is 2. The second kappa shape index (κ2) is 13.7. The predicted octanol–water partition coefficient (Wildman–Crippen LogP) is 4.15. The molecule has 0 saturated carbocycles. The maximum Gasteiger partial charge on any atom is 0.251 e. The summed E-state index contributed by atoms with van der Waals surface area (Å²) in [5.41, 5.74) is -0.00826. The van der Waals surface area contributed by atoms with E-state index in [2.05, 4.69) is 10.6 Å². The van der Waals surface area contributed by atoms with Crippen molar-refractivity contribution in [2.45, 2.75) is 58.3 Å². The van der Waals surface area contributed by atoms with Crippen LogP contribution in [0.15, 0.2) is 36.4 Å². The van der Waals surface area contributed by atoms with E-state index < -0.39 is 17.2 Å². The van der Waals surface area contributed by atoms with Crippen molar-refractivity contribution in [1.29, 1.82) is 0 Å². The van der Waals surface area contributed by atoms with E-state index in [1.54, 1.807) is 12.1 Å². The molecule has 2 aromatic carbocycles. The van der Waals surface area contributed by atoms with Gasteiger partial charge in [-0.15, -0.1) is 0 Å². The molecule has 0 bridgehead atoms. The smallest absolute Gasteiger partial charge is 0.251 e. The lowest BCUT2D eigenvalue weighted by atomic mass is 10.00. The Morgan fingerprint density at radius 2 is 1.74 bits per heavy atom. The molecule has 2 N–H and O–H groups in total. The van der Waals surface area contributed by atoms with Gasteiger partial charge in [-0.25, -0.2) is 4.39 Å². The van der Waals surface area contributed by atoms with Crippen LogP contribution in [0.5, 0.6) is 11.5 Å². The first-order chi connectivity index (χ1) is 18.1. The van der Waals surface area contributed by atoms with Gasteiger partial charge >= 0.3 is 0 Å². The molecular weight excluding hydrogens is 491 g/mol. The predicted molar refractivity (Wildman–Crippen MR) is 143 cm³/mol. The summed E-state index contributed by atoms with van der Waals surface area (Å²) in [6.45, 7) is 10.4. The third-order valence-electron chi connectivity index (χ3n) is 6.31. The van der Waals surface area contributed by atoms with Crippen molar-refractivity contribution in [1.82, 2.24) is 10.6 Å². The van der Waals surface area contributed by atoms with E-state index in [1.807, 2.05) is 27.7 Å². The summed E-state index contributed by atoms with van der Waals surface area (Å²) >= 11 is 0. The lowest BCUT2D eigenvalue weighted by Gasteiger charge is -2.26. The fraction of sp³-hybridized carbons (Fsp3) is 0.517. The minimum absolute atomic E-state index is 0.0654. The van der Waals surface area contributed by atoms with Crippen molar-refractivity contribution >= 4 is 11.7 Å². The number of hydrogen-bond acceptors (Lipinski definition) is 7. The summed E-state index contributed by atoms with van der Waals surface area (Å²) in [5, 5.41) is 6.16. The molecule has 1 fully saturated rings. The normalized spacial score (nSPS) is 15.5. The monoisotopic (exact) mass is 530 g/mol. The second-order valence-corrected chi connectivity index (χ2v) is 10.2. The summed E-state index contributed by atoms with van der Waals surface area (Å²) in [4.78, 5) is 25.9. The fourth-order valence-electron chi connectivity index (χ4n) is 4.07. The summed E-state index contributed by atoms with van der Waals surface area (Å²) in [5.74, 6) is -1.57. The first-order valence-electron chi connectivity index (χ1n) is 13.0. The second-order valence-electron chi connectivity index (χ2n) is 10.2. The van der Waals surface area contributed by atoms with Gasteiger partial charge in [-0.1, -0.05) is 12.1 Å². The first kappa shape index (κ1) is 29.5. The number of rotatable bonds is 14. The average molecular weight is 531 g/mol. The Bertz CT molecular complexity index is 1080. The number of halogens is 1. The molecule has 0 radical (unpaired) electrons. The van der Waals surface area contributed by atoms with Gasteiger partial charge in [-0.2, -0.15) is 0 Å².